The number of nitrogens with zero attached hydrogens (tertiary/aromatic N) is 2. The number of rotatable bonds is 9. The predicted octanol–water partition coefficient (Wildman–Crippen LogP) is 6.13. The van der Waals surface area contributed by atoms with Crippen molar-refractivity contribution in [2.45, 2.75) is 6.92 Å². The minimum atomic E-state index is -0.718. The van der Waals surface area contributed by atoms with E-state index in [2.05, 4.69) is 21.2 Å². The second kappa shape index (κ2) is 13.0. The maximum absolute atomic E-state index is 12.8. The molecule has 38 heavy (non-hydrogen) atoms. The second-order valence-corrected chi connectivity index (χ2v) is 9.44. The molecule has 0 radical (unpaired) electrons. The monoisotopic (exact) mass is 691 g/mol. The number of benzene rings is 3. The lowest BCUT2D eigenvalue weighted by atomic mass is 10.1. The first kappa shape index (κ1) is 28.6. The first-order valence-electron chi connectivity index (χ1n) is 10.9. The molecule has 0 aromatic heterocycles. The van der Waals surface area contributed by atoms with E-state index in [1.807, 2.05) is 28.7 Å². The number of hydrogen-bond donors (Lipinski definition) is 1. The molecule has 0 aliphatic rings. The number of methoxy groups -OCH3 is 1. The van der Waals surface area contributed by atoms with E-state index >= 15 is 0 Å². The van der Waals surface area contributed by atoms with Crippen LogP contribution in [0.2, 0.25) is 0 Å². The number of ether oxygens (including phenoxy) is 3. The minimum Gasteiger partial charge on any atom is -0.497 e. The van der Waals surface area contributed by atoms with Crippen molar-refractivity contribution in [3.63, 3.8) is 0 Å². The van der Waals surface area contributed by atoms with Crippen molar-refractivity contribution >= 4 is 67.8 Å². The zero-order chi connectivity index (χ0) is 27.8. The highest BCUT2D eigenvalue weighted by molar-refractivity contribution is 14.1. The molecule has 0 bridgehead atoms. The molecule has 10 nitrogen and oxygen atoms in total. The smallest absolute Gasteiger partial charge is 0.343 e. The maximum Gasteiger partial charge on any atom is 0.343 e. The molecule has 0 saturated carbocycles. The Bertz CT molecular complexity index is 1470. The molecule has 3 aromatic carbocycles. The van der Waals surface area contributed by atoms with Crippen molar-refractivity contribution in [3.8, 4) is 23.3 Å². The third-order valence-electron chi connectivity index (χ3n) is 4.94. The number of halogens is 2. The molecule has 0 aliphatic carbocycles. The number of esters is 1. The number of carbonyl (C=O) groups excluding carboxylic acids is 2. The Morgan fingerprint density at radius 1 is 1.18 bits per heavy atom. The molecule has 0 saturated heterocycles. The lowest BCUT2D eigenvalue weighted by Gasteiger charge is -2.14. The Hall–Kier alpha value is -3.96. The fraction of sp³-hybridized carbons (Fsp3) is 0.115. The highest BCUT2D eigenvalue weighted by Gasteiger charge is 2.19. The normalized spacial score (nSPS) is 10.8. The average Bonchev–Trinajstić information content (AvgIpc) is 2.90. The van der Waals surface area contributed by atoms with Gasteiger partial charge in [-0.25, -0.2) is 4.79 Å². The minimum absolute atomic E-state index is 0.156. The van der Waals surface area contributed by atoms with Crippen LogP contribution in [0.15, 0.2) is 64.6 Å². The van der Waals surface area contributed by atoms with Crippen LogP contribution in [-0.2, 0) is 4.79 Å². The summed E-state index contributed by atoms with van der Waals surface area (Å²) < 4.78 is 17.2. The van der Waals surface area contributed by atoms with Crippen LogP contribution in [0.25, 0.3) is 6.08 Å². The van der Waals surface area contributed by atoms with Gasteiger partial charge in [0.1, 0.15) is 17.4 Å². The number of nitro benzene ring substituents is 1. The molecule has 1 amide bonds. The highest BCUT2D eigenvalue weighted by atomic mass is 127. The van der Waals surface area contributed by atoms with Crippen LogP contribution in [0.5, 0.6) is 17.2 Å². The van der Waals surface area contributed by atoms with Crippen LogP contribution < -0.4 is 19.5 Å². The second-order valence-electron chi connectivity index (χ2n) is 7.43. The number of carbonyl (C=O) groups is 2. The Morgan fingerprint density at radius 2 is 1.89 bits per heavy atom. The fourth-order valence-corrected chi connectivity index (χ4v) is 4.34. The molecule has 0 unspecified atom stereocenters. The molecule has 0 spiro atoms. The van der Waals surface area contributed by atoms with Crippen LogP contribution in [0, 0.1) is 25.0 Å². The van der Waals surface area contributed by atoms with Gasteiger partial charge in [0.15, 0.2) is 11.5 Å². The Morgan fingerprint density at radius 3 is 2.47 bits per heavy atom. The van der Waals surface area contributed by atoms with E-state index in [-0.39, 0.29) is 39.5 Å². The summed E-state index contributed by atoms with van der Waals surface area (Å²) in [6, 6.07) is 15.3. The predicted molar refractivity (Wildman–Crippen MR) is 151 cm³/mol. The SMILES string of the molecule is CCOc1cc(/C=C(\C#N)C(=O)Nc2ccc([N+](=O)[O-])cc2Br)cc(I)c1OC(=O)c1ccc(OC)cc1. The summed E-state index contributed by atoms with van der Waals surface area (Å²) in [6.07, 6.45) is 1.36. The van der Waals surface area contributed by atoms with Crippen molar-refractivity contribution in [2.24, 2.45) is 0 Å². The number of anilines is 1. The molecule has 12 heteroatoms. The van der Waals surface area contributed by atoms with Crippen molar-refractivity contribution in [3.05, 3.63) is 89.5 Å². The molecular weight excluding hydrogens is 673 g/mol. The number of nitrogens with one attached hydrogen (secondary N) is 1. The molecule has 0 fully saturated rings. The van der Waals surface area contributed by atoms with Crippen molar-refractivity contribution < 1.29 is 28.7 Å². The first-order valence-corrected chi connectivity index (χ1v) is 12.7. The van der Waals surface area contributed by atoms with Gasteiger partial charge in [-0.05, 0) is 99.5 Å². The van der Waals surface area contributed by atoms with Gasteiger partial charge < -0.3 is 19.5 Å². The van der Waals surface area contributed by atoms with E-state index in [4.69, 9.17) is 14.2 Å². The summed E-state index contributed by atoms with van der Waals surface area (Å²) in [5.41, 5.74) is 0.644. The Balaban J connectivity index is 1.87. The zero-order valence-corrected chi connectivity index (χ0v) is 23.7. The quantitative estimate of drug-likeness (QED) is 0.0537. The number of non-ortho nitro benzene ring substituents is 1. The van der Waals surface area contributed by atoms with Crippen LogP contribution in [0.1, 0.15) is 22.8 Å². The molecule has 0 aliphatic heterocycles. The van der Waals surface area contributed by atoms with Crippen LogP contribution in [0.3, 0.4) is 0 Å². The fourth-order valence-electron chi connectivity index (χ4n) is 3.14. The van der Waals surface area contributed by atoms with E-state index < -0.39 is 16.8 Å². The zero-order valence-electron chi connectivity index (χ0n) is 20.0. The summed E-state index contributed by atoms with van der Waals surface area (Å²) in [7, 11) is 1.52. The molecule has 0 heterocycles. The molecular formula is C26H19BrIN3O7. The molecule has 3 aromatic rings. The number of hydrogen-bond acceptors (Lipinski definition) is 8. The van der Waals surface area contributed by atoms with Crippen LogP contribution in [-0.4, -0.2) is 30.5 Å². The van der Waals surface area contributed by atoms with Gasteiger partial charge in [0.2, 0.25) is 0 Å². The van der Waals surface area contributed by atoms with Crippen LogP contribution >= 0.6 is 38.5 Å². The Kier molecular flexibility index (Phi) is 9.80. The van der Waals surface area contributed by atoms with Crippen molar-refractivity contribution in [1.82, 2.24) is 0 Å². The maximum atomic E-state index is 12.8. The van der Waals surface area contributed by atoms with Crippen molar-refractivity contribution in [1.29, 1.82) is 5.26 Å². The largest absolute Gasteiger partial charge is 0.497 e. The van der Waals surface area contributed by atoms with Crippen LogP contribution in [0.4, 0.5) is 11.4 Å². The third-order valence-corrected chi connectivity index (χ3v) is 6.40. The molecule has 0 atom stereocenters. The van der Waals surface area contributed by atoms with E-state index in [0.717, 1.165) is 0 Å². The van der Waals surface area contributed by atoms with Gasteiger partial charge in [-0.2, -0.15) is 5.26 Å². The average molecular weight is 692 g/mol. The summed E-state index contributed by atoms with van der Waals surface area (Å²) in [6.45, 7) is 2.04. The van der Waals surface area contributed by atoms with Gasteiger partial charge in [0.05, 0.1) is 33.5 Å². The van der Waals surface area contributed by atoms with Gasteiger partial charge in [0.25, 0.3) is 11.6 Å². The summed E-state index contributed by atoms with van der Waals surface area (Å²) >= 11 is 5.15. The standard InChI is InChI=1S/C26H19BrIN3O7/c1-3-37-23-12-15(11-21(28)24(23)38-26(33)16-4-7-19(36-2)8-5-16)10-17(14-29)25(32)30-22-9-6-18(31(34)35)13-20(22)27/h4-13H,3H2,1-2H3,(H,30,32)/b17-10+. The van der Waals surface area contributed by atoms with E-state index in [1.165, 1.54) is 31.4 Å². The molecule has 1 N–H and O–H groups in total. The van der Waals surface area contributed by atoms with Gasteiger partial charge >= 0.3 is 5.97 Å². The summed E-state index contributed by atoms with van der Waals surface area (Å²) in [5.74, 6) is -0.266. The van der Waals surface area contributed by atoms with E-state index in [9.17, 15) is 25.0 Å². The third kappa shape index (κ3) is 7.08. The van der Waals surface area contributed by atoms with Crippen molar-refractivity contribution in [2.75, 3.05) is 19.0 Å². The number of amides is 1. The Labute approximate surface area is 239 Å². The number of nitro groups is 1. The summed E-state index contributed by atoms with van der Waals surface area (Å²) in [5, 5.41) is 23.1. The topological polar surface area (TPSA) is 141 Å². The summed E-state index contributed by atoms with van der Waals surface area (Å²) in [4.78, 5) is 35.8. The molecule has 194 valence electrons. The van der Waals surface area contributed by atoms with E-state index in [0.29, 0.717) is 20.4 Å². The van der Waals surface area contributed by atoms with Gasteiger partial charge in [-0.15, -0.1) is 0 Å². The first-order chi connectivity index (χ1) is 18.2. The lowest BCUT2D eigenvalue weighted by Crippen LogP contribution is -2.14. The lowest BCUT2D eigenvalue weighted by molar-refractivity contribution is -0.384. The van der Waals surface area contributed by atoms with E-state index in [1.54, 1.807) is 43.3 Å². The highest BCUT2D eigenvalue weighted by Crippen LogP contribution is 2.36. The molecule has 3 rings (SSSR count). The van der Waals surface area contributed by atoms with Gasteiger partial charge in [0, 0.05) is 16.6 Å². The van der Waals surface area contributed by atoms with Gasteiger partial charge in [-0.3, -0.25) is 14.9 Å². The van der Waals surface area contributed by atoms with Gasteiger partial charge in [-0.1, -0.05) is 0 Å². The number of nitriles is 1.